The Labute approximate surface area is 140 Å². The quantitative estimate of drug-likeness (QED) is 0.417. The van der Waals surface area contributed by atoms with Crippen molar-refractivity contribution in [2.75, 3.05) is 0 Å². The van der Waals surface area contributed by atoms with Crippen LogP contribution in [0.3, 0.4) is 0 Å². The summed E-state index contributed by atoms with van der Waals surface area (Å²) in [6, 6.07) is 0. The lowest BCUT2D eigenvalue weighted by Crippen LogP contribution is -2.44. The van der Waals surface area contributed by atoms with Gasteiger partial charge in [0.05, 0.1) is 5.38 Å². The lowest BCUT2D eigenvalue weighted by Gasteiger charge is -2.31. The number of unbranched alkanes of at least 4 members (excludes halogenated alkanes) is 5. The molecule has 1 saturated carbocycles. The molecule has 0 saturated heterocycles. The van der Waals surface area contributed by atoms with Crippen molar-refractivity contribution >= 4 is 63.8 Å². The van der Waals surface area contributed by atoms with Gasteiger partial charge in [-0.2, -0.15) is 0 Å². The van der Waals surface area contributed by atoms with Crippen LogP contribution in [0, 0.1) is 0 Å². The SMILES string of the molecule is CCCCCCCCC1(Cl)C(=O)C(Cl)C(Cl)C1(Cl)Cl. The third-order valence-corrected chi connectivity index (χ3v) is 7.01. The Morgan fingerprint density at radius 1 is 1.00 bits per heavy atom. The summed E-state index contributed by atoms with van der Waals surface area (Å²) in [6.45, 7) is 2.17. The van der Waals surface area contributed by atoms with E-state index in [1.807, 2.05) is 0 Å². The molecule has 3 atom stereocenters. The fourth-order valence-corrected chi connectivity index (χ4v) is 4.27. The van der Waals surface area contributed by atoms with Gasteiger partial charge < -0.3 is 0 Å². The topological polar surface area (TPSA) is 17.1 Å². The van der Waals surface area contributed by atoms with Gasteiger partial charge >= 0.3 is 0 Å². The van der Waals surface area contributed by atoms with E-state index in [1.54, 1.807) is 0 Å². The van der Waals surface area contributed by atoms with Crippen molar-refractivity contribution in [2.45, 2.75) is 71.8 Å². The fraction of sp³-hybridized carbons (Fsp3) is 0.923. The molecular formula is C13H19Cl5O. The number of alkyl halides is 5. The highest BCUT2D eigenvalue weighted by molar-refractivity contribution is 6.65. The lowest BCUT2D eigenvalue weighted by atomic mass is 9.96. The molecule has 1 rings (SSSR count). The standard InChI is InChI=1S/C13H19Cl5O/c1-2-3-4-5-6-7-8-12(16)11(19)9(14)10(15)13(12,17)18/h9-10H,2-8H2,1H3. The summed E-state index contributed by atoms with van der Waals surface area (Å²) in [4.78, 5) is 10.7. The molecule has 0 amide bonds. The predicted molar refractivity (Wildman–Crippen MR) is 85.3 cm³/mol. The smallest absolute Gasteiger partial charge is 0.176 e. The number of carbonyl (C=O) groups excluding carboxylic acids is 1. The lowest BCUT2D eigenvalue weighted by molar-refractivity contribution is -0.119. The van der Waals surface area contributed by atoms with Gasteiger partial charge in [-0.05, 0) is 6.42 Å². The molecule has 0 heterocycles. The number of hydrogen-bond acceptors (Lipinski definition) is 1. The van der Waals surface area contributed by atoms with Gasteiger partial charge in [-0.15, -0.1) is 34.8 Å². The summed E-state index contributed by atoms with van der Waals surface area (Å²) >= 11 is 30.7. The zero-order valence-corrected chi connectivity index (χ0v) is 14.7. The van der Waals surface area contributed by atoms with Crippen molar-refractivity contribution in [1.82, 2.24) is 0 Å². The minimum absolute atomic E-state index is 0.352. The second-order valence-corrected chi connectivity index (χ2v) is 8.08. The molecule has 1 nitrogen and oxygen atoms in total. The number of Topliss-reactive ketones (excluding diaryl/α,β-unsaturated/α-hetero) is 1. The van der Waals surface area contributed by atoms with Gasteiger partial charge in [0.15, 0.2) is 10.1 Å². The molecule has 112 valence electrons. The van der Waals surface area contributed by atoms with Crippen molar-refractivity contribution in [1.29, 1.82) is 0 Å². The van der Waals surface area contributed by atoms with Crippen LogP contribution in [0.15, 0.2) is 0 Å². The predicted octanol–water partition coefficient (Wildman–Crippen LogP) is 5.69. The van der Waals surface area contributed by atoms with E-state index in [-0.39, 0.29) is 5.78 Å². The van der Waals surface area contributed by atoms with Crippen LogP contribution in [-0.2, 0) is 4.79 Å². The van der Waals surface area contributed by atoms with E-state index in [2.05, 4.69) is 6.92 Å². The normalized spacial score (nSPS) is 33.9. The molecule has 0 aliphatic heterocycles. The molecule has 6 heteroatoms. The first kappa shape index (κ1) is 18.2. The van der Waals surface area contributed by atoms with Crippen molar-refractivity contribution in [3.05, 3.63) is 0 Å². The van der Waals surface area contributed by atoms with Gasteiger partial charge in [0.25, 0.3) is 0 Å². The number of rotatable bonds is 7. The van der Waals surface area contributed by atoms with Gasteiger partial charge in [0, 0.05) is 0 Å². The van der Waals surface area contributed by atoms with Crippen LogP contribution < -0.4 is 0 Å². The molecule has 0 aromatic rings. The van der Waals surface area contributed by atoms with E-state index in [4.69, 9.17) is 58.0 Å². The number of carbonyl (C=O) groups is 1. The maximum atomic E-state index is 12.1. The molecule has 3 unspecified atom stereocenters. The Morgan fingerprint density at radius 2 is 1.53 bits per heavy atom. The average Bonchev–Trinajstić information content (AvgIpc) is 2.48. The molecule has 1 aliphatic carbocycles. The van der Waals surface area contributed by atoms with Crippen LogP contribution in [0.25, 0.3) is 0 Å². The highest BCUT2D eigenvalue weighted by Crippen LogP contribution is 2.55. The third-order valence-electron chi connectivity index (χ3n) is 3.65. The van der Waals surface area contributed by atoms with Crippen LogP contribution in [0.1, 0.15) is 51.9 Å². The molecule has 19 heavy (non-hydrogen) atoms. The highest BCUT2D eigenvalue weighted by Gasteiger charge is 2.67. The minimum Gasteiger partial charge on any atom is -0.296 e. The molecular weight excluding hydrogens is 349 g/mol. The average molecular weight is 369 g/mol. The van der Waals surface area contributed by atoms with E-state index in [1.165, 1.54) is 19.3 Å². The second kappa shape index (κ2) is 7.40. The number of ketones is 1. The minimum atomic E-state index is -1.51. The highest BCUT2D eigenvalue weighted by atomic mass is 35.5. The van der Waals surface area contributed by atoms with E-state index in [0.717, 1.165) is 19.3 Å². The van der Waals surface area contributed by atoms with Crippen molar-refractivity contribution < 1.29 is 4.79 Å². The zero-order valence-electron chi connectivity index (χ0n) is 10.9. The summed E-state index contributed by atoms with van der Waals surface area (Å²) < 4.78 is -1.51. The number of hydrogen-bond donors (Lipinski definition) is 0. The first-order chi connectivity index (χ1) is 8.79. The van der Waals surface area contributed by atoms with Crippen molar-refractivity contribution in [3.63, 3.8) is 0 Å². The van der Waals surface area contributed by atoms with Crippen LogP contribution in [0.5, 0.6) is 0 Å². The van der Waals surface area contributed by atoms with Gasteiger partial charge in [-0.1, -0.05) is 68.7 Å². The van der Waals surface area contributed by atoms with Crippen LogP contribution >= 0.6 is 58.0 Å². The molecule has 0 spiro atoms. The Balaban J connectivity index is 2.53. The molecule has 1 fully saturated rings. The first-order valence-electron chi connectivity index (χ1n) is 6.68. The van der Waals surface area contributed by atoms with Crippen molar-refractivity contribution in [3.8, 4) is 0 Å². The fourth-order valence-electron chi connectivity index (χ4n) is 2.36. The second-order valence-electron chi connectivity index (χ2n) is 5.11. The molecule has 0 aromatic heterocycles. The summed E-state index contributed by atoms with van der Waals surface area (Å²) in [5, 5.41) is -1.78. The Bertz CT molecular complexity index is 320. The molecule has 1 aliphatic rings. The summed E-state index contributed by atoms with van der Waals surface area (Å²) in [7, 11) is 0. The molecule has 0 aromatic carbocycles. The first-order valence-corrected chi connectivity index (χ1v) is 8.69. The van der Waals surface area contributed by atoms with Gasteiger partial charge in [-0.3, -0.25) is 4.79 Å². The Morgan fingerprint density at radius 3 is 2.00 bits per heavy atom. The van der Waals surface area contributed by atoms with E-state index in [0.29, 0.717) is 6.42 Å². The summed E-state index contributed by atoms with van der Waals surface area (Å²) in [6.07, 6.45) is 6.97. The largest absolute Gasteiger partial charge is 0.296 e. The maximum absolute atomic E-state index is 12.1. The number of halogens is 5. The monoisotopic (exact) mass is 366 g/mol. The zero-order chi connectivity index (χ0) is 14.7. The molecule has 0 bridgehead atoms. The van der Waals surface area contributed by atoms with E-state index < -0.39 is 20.0 Å². The van der Waals surface area contributed by atoms with Crippen molar-refractivity contribution in [2.24, 2.45) is 0 Å². The van der Waals surface area contributed by atoms with Gasteiger partial charge in [0.2, 0.25) is 0 Å². The Hall–Kier alpha value is 1.12. The van der Waals surface area contributed by atoms with E-state index in [9.17, 15) is 4.79 Å². The van der Waals surface area contributed by atoms with Crippen LogP contribution in [0.2, 0.25) is 0 Å². The van der Waals surface area contributed by atoms with E-state index >= 15 is 0 Å². The summed E-state index contributed by atoms with van der Waals surface area (Å²) in [5.74, 6) is -0.352. The van der Waals surface area contributed by atoms with Gasteiger partial charge in [0.1, 0.15) is 10.3 Å². The van der Waals surface area contributed by atoms with Crippen LogP contribution in [-0.4, -0.2) is 25.7 Å². The van der Waals surface area contributed by atoms with Gasteiger partial charge in [-0.25, -0.2) is 0 Å². The third kappa shape index (κ3) is 3.66. The summed E-state index contributed by atoms with van der Waals surface area (Å²) in [5.41, 5.74) is 0. The Kier molecular flexibility index (Phi) is 7.08. The molecule has 0 radical (unpaired) electrons. The van der Waals surface area contributed by atoms with Crippen LogP contribution in [0.4, 0.5) is 0 Å². The molecule has 0 N–H and O–H groups in total. The maximum Gasteiger partial charge on any atom is 0.176 e.